The minimum Gasteiger partial charge on any atom is -0.339 e. The van der Waals surface area contributed by atoms with Crippen LogP contribution in [0.5, 0.6) is 0 Å². The highest BCUT2D eigenvalue weighted by atomic mass is 35.5. The lowest BCUT2D eigenvalue weighted by Crippen LogP contribution is -2.00. The topological polar surface area (TPSA) is 42.2 Å². The first kappa shape index (κ1) is 18.1. The van der Waals surface area contributed by atoms with E-state index in [0.29, 0.717) is 5.02 Å². The van der Waals surface area contributed by atoms with Gasteiger partial charge in [0.15, 0.2) is 4.96 Å². The number of hydrogen-bond acceptors (Lipinski definition) is 4. The van der Waals surface area contributed by atoms with Crippen LogP contribution in [0.2, 0.25) is 5.02 Å². The lowest BCUT2D eigenvalue weighted by molar-refractivity contribution is 0.628. The number of nitrogens with one attached hydrogen (secondary N) is 1. The van der Waals surface area contributed by atoms with Gasteiger partial charge in [-0.05, 0) is 48.7 Å². The number of pyridine rings is 1. The maximum atomic E-state index is 13.4. The van der Waals surface area contributed by atoms with Crippen molar-refractivity contribution >= 4 is 45.0 Å². The zero-order chi connectivity index (χ0) is 19.8. The molecule has 0 saturated heterocycles. The average molecular weight is 423 g/mol. The summed E-state index contributed by atoms with van der Waals surface area (Å²) in [6, 6.07) is 8.14. The zero-order valence-corrected chi connectivity index (χ0v) is 16.8. The van der Waals surface area contributed by atoms with E-state index in [-0.39, 0.29) is 5.82 Å². The first-order valence-corrected chi connectivity index (χ1v) is 10.4. The normalized spacial score (nSPS) is 13.7. The molecule has 0 radical (unpaired) electrons. The molecule has 0 bridgehead atoms. The number of thiazole rings is 1. The van der Waals surface area contributed by atoms with E-state index in [4.69, 9.17) is 16.6 Å². The van der Waals surface area contributed by atoms with Crippen LogP contribution in [0.15, 0.2) is 66.3 Å². The molecule has 0 unspecified atom stereocenters. The minimum atomic E-state index is -0.276. The van der Waals surface area contributed by atoms with Gasteiger partial charge in [-0.15, -0.1) is 11.3 Å². The Kier molecular flexibility index (Phi) is 4.66. The number of rotatable bonds is 4. The van der Waals surface area contributed by atoms with Gasteiger partial charge in [0.25, 0.3) is 0 Å². The largest absolute Gasteiger partial charge is 0.339 e. The lowest BCUT2D eigenvalue weighted by Gasteiger charge is -2.13. The van der Waals surface area contributed by atoms with Gasteiger partial charge in [0.1, 0.15) is 17.3 Å². The fraction of sp³-hybridized carbons (Fsp3) is 0.0909. The van der Waals surface area contributed by atoms with Crippen LogP contribution in [-0.2, 0) is 0 Å². The molecular formula is C22H16ClFN4S. The van der Waals surface area contributed by atoms with Crippen LogP contribution in [0.3, 0.4) is 0 Å². The maximum Gasteiger partial charge on any atom is 0.196 e. The second kappa shape index (κ2) is 7.46. The van der Waals surface area contributed by atoms with Crippen LogP contribution in [-0.4, -0.2) is 14.4 Å². The van der Waals surface area contributed by atoms with Gasteiger partial charge in [0.2, 0.25) is 0 Å². The van der Waals surface area contributed by atoms with Gasteiger partial charge in [-0.3, -0.25) is 9.38 Å². The minimum absolute atomic E-state index is 0.276. The van der Waals surface area contributed by atoms with Crippen LogP contribution < -0.4 is 5.32 Å². The summed E-state index contributed by atoms with van der Waals surface area (Å²) in [5, 5.41) is 6.09. The molecule has 0 aliphatic heterocycles. The molecule has 144 valence electrons. The number of fused-ring (bicyclic) bond motifs is 1. The van der Waals surface area contributed by atoms with Gasteiger partial charge in [-0.25, -0.2) is 9.37 Å². The molecule has 5 rings (SSSR count). The van der Waals surface area contributed by atoms with E-state index in [1.165, 1.54) is 17.7 Å². The van der Waals surface area contributed by atoms with Crippen molar-refractivity contribution in [2.75, 3.05) is 5.32 Å². The average Bonchev–Trinajstić information content (AvgIpc) is 3.31. The van der Waals surface area contributed by atoms with E-state index in [1.807, 2.05) is 6.07 Å². The van der Waals surface area contributed by atoms with Crippen molar-refractivity contribution in [2.45, 2.75) is 12.8 Å². The van der Waals surface area contributed by atoms with Gasteiger partial charge in [-0.1, -0.05) is 29.8 Å². The quantitative estimate of drug-likeness (QED) is 0.396. The fourth-order valence-electron chi connectivity index (χ4n) is 3.44. The molecule has 1 N–H and O–H groups in total. The molecule has 0 spiro atoms. The Morgan fingerprint density at radius 2 is 2.03 bits per heavy atom. The highest BCUT2D eigenvalue weighted by Crippen LogP contribution is 2.39. The molecule has 3 heterocycles. The van der Waals surface area contributed by atoms with Crippen molar-refractivity contribution < 1.29 is 4.39 Å². The Morgan fingerprint density at radius 1 is 1.17 bits per heavy atom. The Hall–Kier alpha value is -2.96. The van der Waals surface area contributed by atoms with Gasteiger partial charge in [-0.2, -0.15) is 0 Å². The van der Waals surface area contributed by atoms with Crippen molar-refractivity contribution in [2.24, 2.45) is 0 Å². The number of halogens is 2. The molecule has 0 atom stereocenters. The van der Waals surface area contributed by atoms with E-state index in [2.05, 4.69) is 38.3 Å². The number of allylic oxidation sites excluding steroid dienone is 4. The molecular weight excluding hydrogens is 407 g/mol. The summed E-state index contributed by atoms with van der Waals surface area (Å²) >= 11 is 8.02. The number of imidazole rings is 1. The third-order valence-corrected chi connectivity index (χ3v) is 5.97. The monoisotopic (exact) mass is 422 g/mol. The molecule has 1 aliphatic carbocycles. The molecule has 29 heavy (non-hydrogen) atoms. The summed E-state index contributed by atoms with van der Waals surface area (Å²) in [5.41, 5.74) is 4.66. The van der Waals surface area contributed by atoms with Crippen LogP contribution >= 0.6 is 22.9 Å². The number of nitrogens with zero attached hydrogens (tertiary/aromatic N) is 3. The van der Waals surface area contributed by atoms with Gasteiger partial charge >= 0.3 is 0 Å². The van der Waals surface area contributed by atoms with Crippen molar-refractivity contribution in [1.82, 2.24) is 14.4 Å². The van der Waals surface area contributed by atoms with Gasteiger partial charge < -0.3 is 5.32 Å². The van der Waals surface area contributed by atoms with Gasteiger partial charge in [0.05, 0.1) is 10.7 Å². The molecule has 0 fully saturated rings. The summed E-state index contributed by atoms with van der Waals surface area (Å²) in [6.07, 6.45) is 11.7. The third-order valence-electron chi connectivity index (χ3n) is 4.84. The molecule has 1 aliphatic rings. The molecule has 3 aromatic heterocycles. The third kappa shape index (κ3) is 3.34. The molecule has 4 aromatic rings. The Morgan fingerprint density at radius 3 is 2.79 bits per heavy atom. The molecule has 4 nitrogen and oxygen atoms in total. The number of anilines is 2. The predicted molar refractivity (Wildman–Crippen MR) is 117 cm³/mol. The van der Waals surface area contributed by atoms with Crippen molar-refractivity contribution in [3.63, 3.8) is 0 Å². The Bertz CT molecular complexity index is 1250. The summed E-state index contributed by atoms with van der Waals surface area (Å²) in [7, 11) is 0. The second-order valence-corrected chi connectivity index (χ2v) is 7.94. The van der Waals surface area contributed by atoms with Gasteiger partial charge in [0, 0.05) is 29.0 Å². The zero-order valence-electron chi connectivity index (χ0n) is 15.3. The van der Waals surface area contributed by atoms with Crippen LogP contribution in [0, 0.1) is 5.82 Å². The standard InChI is InChI=1S/C22H16ClFN4S/c23-18-12-25-11-10-17(18)20-21(26-16-8-6-15(24)7-9-16)28-19(13-29-22(28)27-20)14-4-2-1-3-5-14/h1-2,4,6-13,26H,3,5H2. The Balaban J connectivity index is 1.73. The van der Waals surface area contributed by atoms with Crippen LogP contribution in [0.25, 0.3) is 21.8 Å². The fourth-order valence-corrected chi connectivity index (χ4v) is 4.56. The molecule has 7 heteroatoms. The van der Waals surface area contributed by atoms with Crippen molar-refractivity contribution in [1.29, 1.82) is 0 Å². The van der Waals surface area contributed by atoms with Crippen LogP contribution in [0.4, 0.5) is 15.9 Å². The maximum absolute atomic E-state index is 13.4. The van der Waals surface area contributed by atoms with E-state index in [1.54, 1.807) is 35.9 Å². The van der Waals surface area contributed by atoms with E-state index in [9.17, 15) is 4.39 Å². The van der Waals surface area contributed by atoms with E-state index in [0.717, 1.165) is 46.3 Å². The summed E-state index contributed by atoms with van der Waals surface area (Å²) < 4.78 is 15.5. The smallest absolute Gasteiger partial charge is 0.196 e. The van der Waals surface area contributed by atoms with E-state index < -0.39 is 0 Å². The summed E-state index contributed by atoms with van der Waals surface area (Å²) in [6.45, 7) is 0. The van der Waals surface area contributed by atoms with Crippen molar-refractivity contribution in [3.05, 3.63) is 82.9 Å². The number of aromatic nitrogens is 3. The number of benzene rings is 1. The van der Waals surface area contributed by atoms with E-state index >= 15 is 0 Å². The SMILES string of the molecule is Fc1ccc(Nc2c(-c3ccncc3Cl)nc3scc(C4=CC=CCC4)n23)cc1. The summed E-state index contributed by atoms with van der Waals surface area (Å²) in [4.78, 5) is 9.81. The highest BCUT2D eigenvalue weighted by Gasteiger charge is 2.21. The Labute approximate surface area is 176 Å². The first-order chi connectivity index (χ1) is 14.2. The lowest BCUT2D eigenvalue weighted by atomic mass is 10.0. The van der Waals surface area contributed by atoms with Crippen molar-refractivity contribution in [3.8, 4) is 11.3 Å². The molecule has 1 aromatic carbocycles. The summed E-state index contributed by atoms with van der Waals surface area (Å²) in [5.74, 6) is 0.521. The molecule has 0 amide bonds. The molecule has 0 saturated carbocycles. The number of hydrogen-bond donors (Lipinski definition) is 1. The second-order valence-electron chi connectivity index (χ2n) is 6.69. The first-order valence-electron chi connectivity index (χ1n) is 9.19. The predicted octanol–water partition coefficient (Wildman–Crippen LogP) is 6.73. The highest BCUT2D eigenvalue weighted by molar-refractivity contribution is 7.15. The van der Waals surface area contributed by atoms with Crippen LogP contribution in [0.1, 0.15) is 18.5 Å².